The molecule has 0 aliphatic heterocycles. The van der Waals surface area contributed by atoms with Crippen molar-refractivity contribution in [2.24, 2.45) is 0 Å². The number of aromatic amines is 1. The van der Waals surface area contributed by atoms with E-state index in [4.69, 9.17) is 0 Å². The maximum absolute atomic E-state index is 11.3. The van der Waals surface area contributed by atoms with E-state index in [2.05, 4.69) is 9.97 Å². The fourth-order valence-corrected chi connectivity index (χ4v) is 1.33. The topological polar surface area (TPSA) is 66.0 Å². The molecule has 0 unspecified atom stereocenters. The van der Waals surface area contributed by atoms with Crippen molar-refractivity contribution >= 4 is 10.9 Å². The number of hydrogen-bond donors (Lipinski definition) is 2. The molecule has 66 valence electrons. The van der Waals surface area contributed by atoms with Gasteiger partial charge in [-0.3, -0.25) is 4.79 Å². The van der Waals surface area contributed by atoms with Gasteiger partial charge in [-0.25, -0.2) is 4.98 Å². The Morgan fingerprint density at radius 1 is 1.46 bits per heavy atom. The number of rotatable bonds is 0. The van der Waals surface area contributed by atoms with E-state index in [9.17, 15) is 9.90 Å². The van der Waals surface area contributed by atoms with Crippen molar-refractivity contribution in [2.75, 3.05) is 0 Å². The predicted octanol–water partition coefficient (Wildman–Crippen LogP) is 0.937. The number of aryl methyl sites for hydroxylation is 1. The molecular weight excluding hydrogens is 168 g/mol. The van der Waals surface area contributed by atoms with Crippen LogP contribution in [-0.2, 0) is 0 Å². The first kappa shape index (κ1) is 7.79. The second-order valence-electron chi connectivity index (χ2n) is 2.86. The van der Waals surface area contributed by atoms with E-state index in [-0.39, 0.29) is 11.3 Å². The van der Waals surface area contributed by atoms with Crippen molar-refractivity contribution in [1.82, 2.24) is 9.97 Å². The Morgan fingerprint density at radius 2 is 2.23 bits per heavy atom. The van der Waals surface area contributed by atoms with Gasteiger partial charge in [0.2, 0.25) is 0 Å². The summed E-state index contributed by atoms with van der Waals surface area (Å²) in [4.78, 5) is 17.7. The molecule has 1 heterocycles. The molecule has 4 nitrogen and oxygen atoms in total. The Labute approximate surface area is 73.9 Å². The maximum Gasteiger partial charge on any atom is 0.258 e. The van der Waals surface area contributed by atoms with E-state index in [0.717, 1.165) is 5.56 Å². The molecule has 4 heteroatoms. The van der Waals surface area contributed by atoms with E-state index >= 15 is 0 Å². The SMILES string of the molecule is Cc1ccc(O)c2nc[nH]c(=O)c12. The molecule has 13 heavy (non-hydrogen) atoms. The number of phenols is 1. The van der Waals surface area contributed by atoms with Crippen molar-refractivity contribution in [1.29, 1.82) is 0 Å². The lowest BCUT2D eigenvalue weighted by Crippen LogP contribution is -2.07. The van der Waals surface area contributed by atoms with Crippen molar-refractivity contribution in [3.63, 3.8) is 0 Å². The Morgan fingerprint density at radius 3 is 2.92 bits per heavy atom. The summed E-state index contributed by atoms with van der Waals surface area (Å²) in [6.45, 7) is 1.80. The van der Waals surface area contributed by atoms with Gasteiger partial charge >= 0.3 is 0 Å². The van der Waals surface area contributed by atoms with Crippen LogP contribution in [0.2, 0.25) is 0 Å². The number of nitrogens with one attached hydrogen (secondary N) is 1. The Bertz CT molecular complexity index is 516. The van der Waals surface area contributed by atoms with Crippen LogP contribution in [0.1, 0.15) is 5.56 Å². The second-order valence-corrected chi connectivity index (χ2v) is 2.86. The van der Waals surface area contributed by atoms with Crippen molar-refractivity contribution in [2.45, 2.75) is 6.92 Å². The summed E-state index contributed by atoms with van der Waals surface area (Å²) in [6.07, 6.45) is 1.28. The quantitative estimate of drug-likeness (QED) is 0.627. The number of H-pyrrole nitrogens is 1. The third-order valence-electron chi connectivity index (χ3n) is 1.98. The number of phenolic OH excluding ortho intramolecular Hbond substituents is 1. The average Bonchev–Trinajstić information content (AvgIpc) is 2.12. The summed E-state index contributed by atoms with van der Waals surface area (Å²) in [7, 11) is 0. The molecule has 2 aromatic rings. The van der Waals surface area contributed by atoms with Crippen LogP contribution in [0.25, 0.3) is 10.9 Å². The van der Waals surface area contributed by atoms with Gasteiger partial charge in [0.25, 0.3) is 5.56 Å². The minimum absolute atomic E-state index is 0.0340. The minimum atomic E-state index is -0.224. The molecule has 1 aromatic carbocycles. The highest BCUT2D eigenvalue weighted by atomic mass is 16.3. The smallest absolute Gasteiger partial charge is 0.258 e. The molecule has 0 aliphatic rings. The molecule has 0 spiro atoms. The number of nitrogens with zero attached hydrogens (tertiary/aromatic N) is 1. The first-order chi connectivity index (χ1) is 6.20. The van der Waals surface area contributed by atoms with E-state index in [1.54, 1.807) is 13.0 Å². The Balaban J connectivity index is 3.09. The highest BCUT2D eigenvalue weighted by molar-refractivity contribution is 5.85. The first-order valence-corrected chi connectivity index (χ1v) is 3.86. The van der Waals surface area contributed by atoms with Crippen LogP contribution in [0, 0.1) is 6.92 Å². The maximum atomic E-state index is 11.3. The zero-order chi connectivity index (χ0) is 9.42. The highest BCUT2D eigenvalue weighted by Crippen LogP contribution is 2.21. The molecule has 0 amide bonds. The molecule has 2 rings (SSSR count). The Hall–Kier alpha value is -1.84. The first-order valence-electron chi connectivity index (χ1n) is 3.86. The Kier molecular flexibility index (Phi) is 1.55. The van der Waals surface area contributed by atoms with Crippen molar-refractivity contribution < 1.29 is 5.11 Å². The summed E-state index contributed by atoms with van der Waals surface area (Å²) in [5.41, 5.74) is 0.935. The largest absolute Gasteiger partial charge is 0.506 e. The van der Waals surface area contributed by atoms with E-state index in [0.29, 0.717) is 10.9 Å². The average molecular weight is 176 g/mol. The zero-order valence-corrected chi connectivity index (χ0v) is 7.03. The molecule has 0 aliphatic carbocycles. The lowest BCUT2D eigenvalue weighted by molar-refractivity contribution is 0.480. The summed E-state index contributed by atoms with van der Waals surface area (Å²) in [6, 6.07) is 3.22. The number of benzene rings is 1. The molecule has 0 fully saturated rings. The van der Waals surface area contributed by atoms with Crippen LogP contribution in [0.5, 0.6) is 5.75 Å². The standard InChI is InChI=1S/C9H8N2O2/c1-5-2-3-6(12)8-7(5)9(13)11-4-10-8/h2-4,12H,1H3,(H,10,11,13). The number of fused-ring (bicyclic) bond motifs is 1. The monoisotopic (exact) mass is 176 g/mol. The fourth-order valence-electron chi connectivity index (χ4n) is 1.33. The van der Waals surface area contributed by atoms with Crippen LogP contribution < -0.4 is 5.56 Å². The van der Waals surface area contributed by atoms with Gasteiger partial charge in [0.05, 0.1) is 11.7 Å². The molecule has 0 saturated carbocycles. The predicted molar refractivity (Wildman–Crippen MR) is 48.8 cm³/mol. The summed E-state index contributed by atoms with van der Waals surface area (Å²) in [5, 5.41) is 9.85. The van der Waals surface area contributed by atoms with Gasteiger partial charge < -0.3 is 10.1 Å². The molecule has 1 aromatic heterocycles. The van der Waals surface area contributed by atoms with Gasteiger partial charge in [0, 0.05) is 0 Å². The number of aromatic nitrogens is 2. The zero-order valence-electron chi connectivity index (χ0n) is 7.03. The van der Waals surface area contributed by atoms with Gasteiger partial charge in [-0.05, 0) is 18.6 Å². The normalized spacial score (nSPS) is 10.5. The summed E-state index contributed by atoms with van der Waals surface area (Å²) < 4.78 is 0. The van der Waals surface area contributed by atoms with Crippen molar-refractivity contribution in [3.05, 3.63) is 34.4 Å². The number of hydrogen-bond acceptors (Lipinski definition) is 3. The van der Waals surface area contributed by atoms with Crippen molar-refractivity contribution in [3.8, 4) is 5.75 Å². The fraction of sp³-hybridized carbons (Fsp3) is 0.111. The van der Waals surface area contributed by atoms with E-state index in [1.807, 2.05) is 0 Å². The third-order valence-corrected chi connectivity index (χ3v) is 1.98. The van der Waals surface area contributed by atoms with E-state index < -0.39 is 0 Å². The van der Waals surface area contributed by atoms with Crippen LogP contribution >= 0.6 is 0 Å². The lowest BCUT2D eigenvalue weighted by Gasteiger charge is -2.00. The molecule has 0 saturated heterocycles. The van der Waals surface area contributed by atoms with Gasteiger partial charge in [-0.2, -0.15) is 0 Å². The van der Waals surface area contributed by atoms with Crippen LogP contribution in [0.4, 0.5) is 0 Å². The minimum Gasteiger partial charge on any atom is -0.506 e. The van der Waals surface area contributed by atoms with Crippen LogP contribution in [0.3, 0.4) is 0 Å². The van der Waals surface area contributed by atoms with Crippen LogP contribution in [0.15, 0.2) is 23.3 Å². The van der Waals surface area contributed by atoms with Gasteiger partial charge in [-0.15, -0.1) is 0 Å². The lowest BCUT2D eigenvalue weighted by atomic mass is 10.1. The third kappa shape index (κ3) is 1.07. The summed E-state index contributed by atoms with van der Waals surface area (Å²) in [5.74, 6) is 0.0340. The molecule has 0 bridgehead atoms. The highest BCUT2D eigenvalue weighted by Gasteiger charge is 2.06. The molecule has 2 N–H and O–H groups in total. The van der Waals surface area contributed by atoms with Crippen LogP contribution in [-0.4, -0.2) is 15.1 Å². The van der Waals surface area contributed by atoms with E-state index in [1.165, 1.54) is 12.4 Å². The van der Waals surface area contributed by atoms with Gasteiger partial charge in [0.15, 0.2) is 0 Å². The van der Waals surface area contributed by atoms with Gasteiger partial charge in [0.1, 0.15) is 11.3 Å². The molecule has 0 atom stereocenters. The number of aromatic hydroxyl groups is 1. The second kappa shape index (κ2) is 2.58. The summed E-state index contributed by atoms with van der Waals surface area (Å²) >= 11 is 0. The molecular formula is C9H8N2O2. The van der Waals surface area contributed by atoms with Gasteiger partial charge in [-0.1, -0.05) is 6.07 Å². The molecule has 0 radical (unpaired) electrons.